The highest BCUT2D eigenvalue weighted by molar-refractivity contribution is 6.32. The molecule has 0 N–H and O–H groups in total. The molecule has 0 atom stereocenters. The molecule has 2 aromatic carbocycles. The minimum atomic E-state index is -0.280. The second kappa shape index (κ2) is 3.90. The van der Waals surface area contributed by atoms with Crippen molar-refractivity contribution in [3.8, 4) is 6.19 Å². The van der Waals surface area contributed by atoms with Crippen LogP contribution in [0, 0.1) is 11.5 Å². The molecule has 4 heteroatoms. The first-order valence-electron chi connectivity index (χ1n) is 6.46. The third kappa shape index (κ3) is 1.32. The van der Waals surface area contributed by atoms with E-state index in [-0.39, 0.29) is 17.3 Å². The molecule has 98 valence electrons. The summed E-state index contributed by atoms with van der Waals surface area (Å²) in [7, 11) is 0. The number of hydrogen-bond acceptors (Lipinski definition) is 3. The summed E-state index contributed by atoms with van der Waals surface area (Å²) in [6.07, 6.45) is 2.00. The van der Waals surface area contributed by atoms with Crippen LogP contribution in [-0.2, 0) is 0 Å². The van der Waals surface area contributed by atoms with Gasteiger partial charge in [0.15, 0.2) is 12.0 Å². The third-order valence-corrected chi connectivity index (χ3v) is 3.83. The van der Waals surface area contributed by atoms with Gasteiger partial charge in [-0.2, -0.15) is 5.26 Å². The molecule has 3 aromatic rings. The third-order valence-electron chi connectivity index (χ3n) is 3.83. The predicted molar refractivity (Wildman–Crippen MR) is 76.3 cm³/mol. The molecule has 0 amide bonds. The number of para-hydroxylation sites is 1. The Morgan fingerprint density at radius 3 is 2.19 bits per heavy atom. The van der Waals surface area contributed by atoms with Crippen molar-refractivity contribution >= 4 is 22.5 Å². The fourth-order valence-electron chi connectivity index (χ4n) is 2.93. The van der Waals surface area contributed by atoms with Gasteiger partial charge in [-0.3, -0.25) is 9.59 Å². The minimum absolute atomic E-state index is 0.169. The molecular formula is C17H8N2O2. The lowest BCUT2D eigenvalue weighted by molar-refractivity contribution is 0.0976. The highest BCUT2D eigenvalue weighted by atomic mass is 16.1. The summed E-state index contributed by atoms with van der Waals surface area (Å²) in [5.74, 6) is -0.483. The lowest BCUT2D eigenvalue weighted by Crippen LogP contribution is -2.22. The zero-order valence-corrected chi connectivity index (χ0v) is 10.8. The van der Waals surface area contributed by atoms with E-state index in [0.717, 1.165) is 0 Å². The van der Waals surface area contributed by atoms with Crippen molar-refractivity contribution in [3.05, 3.63) is 70.9 Å². The van der Waals surface area contributed by atoms with Crippen molar-refractivity contribution in [3.63, 3.8) is 0 Å². The summed E-state index contributed by atoms with van der Waals surface area (Å²) in [5, 5.41) is 10.0. The molecule has 0 spiro atoms. The number of fused-ring (bicyclic) bond motifs is 4. The molecule has 1 heterocycles. The van der Waals surface area contributed by atoms with Crippen LogP contribution in [0.15, 0.2) is 48.5 Å². The minimum Gasteiger partial charge on any atom is -0.288 e. The monoisotopic (exact) mass is 272 g/mol. The summed E-state index contributed by atoms with van der Waals surface area (Å²) in [4.78, 5) is 25.4. The largest absolute Gasteiger partial charge is 0.288 e. The zero-order chi connectivity index (χ0) is 14.6. The highest BCUT2D eigenvalue weighted by Gasteiger charge is 2.35. The summed E-state index contributed by atoms with van der Waals surface area (Å²) in [6.45, 7) is 0. The van der Waals surface area contributed by atoms with E-state index in [1.54, 1.807) is 48.5 Å². The zero-order valence-electron chi connectivity index (χ0n) is 10.8. The quantitative estimate of drug-likeness (QED) is 0.494. The summed E-state index contributed by atoms with van der Waals surface area (Å²) >= 11 is 0. The van der Waals surface area contributed by atoms with Gasteiger partial charge in [-0.15, -0.1) is 0 Å². The van der Waals surface area contributed by atoms with Crippen LogP contribution in [0.4, 0.5) is 0 Å². The molecule has 0 fully saturated rings. The van der Waals surface area contributed by atoms with Gasteiger partial charge in [0.05, 0.1) is 11.1 Å². The first-order chi connectivity index (χ1) is 10.2. The molecule has 21 heavy (non-hydrogen) atoms. The van der Waals surface area contributed by atoms with E-state index in [9.17, 15) is 14.9 Å². The van der Waals surface area contributed by atoms with Gasteiger partial charge in [0, 0.05) is 16.5 Å². The van der Waals surface area contributed by atoms with E-state index in [1.165, 1.54) is 4.57 Å². The van der Waals surface area contributed by atoms with E-state index in [4.69, 9.17) is 0 Å². The number of hydrogen-bond donors (Lipinski definition) is 0. The maximum atomic E-state index is 12.7. The van der Waals surface area contributed by atoms with Gasteiger partial charge >= 0.3 is 0 Å². The molecule has 1 aliphatic carbocycles. The predicted octanol–water partition coefficient (Wildman–Crippen LogP) is 2.75. The van der Waals surface area contributed by atoms with Gasteiger partial charge in [-0.05, 0) is 6.07 Å². The van der Waals surface area contributed by atoms with Crippen molar-refractivity contribution in [2.24, 2.45) is 0 Å². The Hall–Kier alpha value is -3.19. The second-order valence-corrected chi connectivity index (χ2v) is 4.88. The molecule has 0 unspecified atom stereocenters. The topological polar surface area (TPSA) is 62.9 Å². The number of nitriles is 1. The van der Waals surface area contributed by atoms with Gasteiger partial charge in [0.25, 0.3) is 0 Å². The molecule has 0 saturated heterocycles. The molecule has 0 saturated carbocycles. The Labute approximate surface area is 119 Å². The van der Waals surface area contributed by atoms with Crippen LogP contribution in [-0.4, -0.2) is 16.1 Å². The normalized spacial score (nSPS) is 12.9. The fourth-order valence-corrected chi connectivity index (χ4v) is 2.93. The molecule has 1 aliphatic rings. The van der Waals surface area contributed by atoms with E-state index >= 15 is 0 Å². The van der Waals surface area contributed by atoms with E-state index in [2.05, 4.69) is 0 Å². The summed E-state index contributed by atoms with van der Waals surface area (Å²) in [5.41, 5.74) is 1.84. The lowest BCUT2D eigenvalue weighted by Gasteiger charge is -2.14. The Balaban J connectivity index is 2.21. The van der Waals surface area contributed by atoms with Crippen LogP contribution < -0.4 is 0 Å². The smallest absolute Gasteiger partial charge is 0.212 e. The van der Waals surface area contributed by atoms with Gasteiger partial charge < -0.3 is 0 Å². The van der Waals surface area contributed by atoms with E-state index in [1.807, 2.05) is 6.19 Å². The maximum Gasteiger partial charge on any atom is 0.212 e. The average Bonchev–Trinajstić information content (AvgIpc) is 2.87. The first-order valence-corrected chi connectivity index (χ1v) is 6.46. The SMILES string of the molecule is N#Cn1c2c(c3ccccc31)C(=O)c1ccccc1C2=O. The van der Waals surface area contributed by atoms with Crippen molar-refractivity contribution < 1.29 is 9.59 Å². The summed E-state index contributed by atoms with van der Waals surface area (Å²) in [6, 6.07) is 13.8. The molecule has 0 radical (unpaired) electrons. The van der Waals surface area contributed by atoms with Gasteiger partial charge in [0.1, 0.15) is 5.69 Å². The van der Waals surface area contributed by atoms with Crippen molar-refractivity contribution in [1.29, 1.82) is 5.26 Å². The molecule has 4 nitrogen and oxygen atoms in total. The van der Waals surface area contributed by atoms with Crippen LogP contribution in [0.3, 0.4) is 0 Å². The second-order valence-electron chi connectivity index (χ2n) is 4.88. The molecule has 0 bridgehead atoms. The van der Waals surface area contributed by atoms with E-state index < -0.39 is 0 Å². The van der Waals surface area contributed by atoms with Crippen LogP contribution in [0.1, 0.15) is 32.0 Å². The fraction of sp³-hybridized carbons (Fsp3) is 0. The number of nitrogens with zero attached hydrogens (tertiary/aromatic N) is 2. The van der Waals surface area contributed by atoms with Crippen LogP contribution in [0.25, 0.3) is 10.9 Å². The Morgan fingerprint density at radius 2 is 1.48 bits per heavy atom. The van der Waals surface area contributed by atoms with Crippen LogP contribution in [0.5, 0.6) is 0 Å². The van der Waals surface area contributed by atoms with Crippen molar-refractivity contribution in [2.45, 2.75) is 0 Å². The number of carbonyl (C=O) groups excluding carboxylic acids is 2. The summed E-state index contributed by atoms with van der Waals surface area (Å²) < 4.78 is 1.25. The van der Waals surface area contributed by atoms with Crippen LogP contribution >= 0.6 is 0 Å². The van der Waals surface area contributed by atoms with Crippen molar-refractivity contribution in [1.82, 2.24) is 4.57 Å². The average molecular weight is 272 g/mol. The number of benzene rings is 2. The first kappa shape index (κ1) is 11.6. The Bertz CT molecular complexity index is 990. The molecular weight excluding hydrogens is 264 g/mol. The Kier molecular flexibility index (Phi) is 2.16. The molecule has 0 aliphatic heterocycles. The highest BCUT2D eigenvalue weighted by Crippen LogP contribution is 2.34. The standard InChI is InChI=1S/C17H8N2O2/c18-9-19-13-8-4-3-7-12(13)14-15(19)17(21)11-6-2-1-5-10(11)16(14)20/h1-8H. The van der Waals surface area contributed by atoms with Gasteiger partial charge in [-0.1, -0.05) is 42.5 Å². The molecule has 1 aromatic heterocycles. The number of aromatic nitrogens is 1. The van der Waals surface area contributed by atoms with Gasteiger partial charge in [0.2, 0.25) is 5.78 Å². The molecule has 4 rings (SSSR count). The Morgan fingerprint density at radius 1 is 0.857 bits per heavy atom. The van der Waals surface area contributed by atoms with Crippen LogP contribution in [0.2, 0.25) is 0 Å². The van der Waals surface area contributed by atoms with Gasteiger partial charge in [-0.25, -0.2) is 4.57 Å². The number of rotatable bonds is 0. The van der Waals surface area contributed by atoms with Crippen molar-refractivity contribution in [2.75, 3.05) is 0 Å². The number of carbonyl (C=O) groups is 2. The maximum absolute atomic E-state index is 12.7. The van der Waals surface area contributed by atoms with E-state index in [0.29, 0.717) is 27.6 Å². The number of ketones is 2. The lowest BCUT2D eigenvalue weighted by atomic mass is 9.87.